The fraction of sp³-hybridized carbons (Fsp3) is 0.360. The van der Waals surface area contributed by atoms with Crippen LogP contribution in [0.1, 0.15) is 43.7 Å². The Morgan fingerprint density at radius 3 is 2.64 bits per heavy atom. The summed E-state index contributed by atoms with van der Waals surface area (Å²) in [5.74, 6) is 0.817. The Bertz CT molecular complexity index is 1130. The van der Waals surface area contributed by atoms with Gasteiger partial charge in [0.2, 0.25) is 5.91 Å². The topological polar surface area (TPSA) is 82.8 Å². The molecule has 8 heteroatoms. The number of rotatable bonds is 7. The van der Waals surface area contributed by atoms with E-state index in [-0.39, 0.29) is 18.1 Å². The van der Waals surface area contributed by atoms with Crippen molar-refractivity contribution in [2.24, 2.45) is 0 Å². The Hall–Kier alpha value is -2.66. The van der Waals surface area contributed by atoms with Gasteiger partial charge in [-0.1, -0.05) is 36.7 Å². The number of nitrogens with zero attached hydrogens (tertiary/aromatic N) is 2. The zero-order chi connectivity index (χ0) is 23.6. The first-order chi connectivity index (χ1) is 15.9. The summed E-state index contributed by atoms with van der Waals surface area (Å²) in [6, 6.07) is 14.6. The first-order valence-electron chi connectivity index (χ1n) is 10.9. The molecule has 1 saturated heterocycles. The van der Waals surface area contributed by atoms with Crippen LogP contribution in [0, 0.1) is 11.3 Å². The van der Waals surface area contributed by atoms with Crippen molar-refractivity contribution in [1.82, 2.24) is 4.90 Å². The van der Waals surface area contributed by atoms with Crippen molar-refractivity contribution >= 4 is 29.3 Å². The summed E-state index contributed by atoms with van der Waals surface area (Å²) in [6.07, 6.45) is 0.947. The van der Waals surface area contributed by atoms with Crippen LogP contribution in [0.25, 0.3) is 0 Å². The number of aliphatic hydroxyl groups is 1. The minimum absolute atomic E-state index is 0.0730. The van der Waals surface area contributed by atoms with Crippen LogP contribution >= 0.6 is 23.4 Å². The molecule has 0 aromatic heterocycles. The second-order valence-corrected chi connectivity index (χ2v) is 9.32. The number of benzene rings is 2. The van der Waals surface area contributed by atoms with Crippen LogP contribution in [0.2, 0.25) is 5.02 Å². The normalized spacial score (nSPS) is 22.2. The third-order valence-electron chi connectivity index (χ3n) is 5.75. The number of allylic oxidation sites excluding steroid dienone is 1. The van der Waals surface area contributed by atoms with Gasteiger partial charge >= 0.3 is 0 Å². The van der Waals surface area contributed by atoms with Crippen LogP contribution in [-0.2, 0) is 10.5 Å². The molecule has 1 amide bonds. The van der Waals surface area contributed by atoms with E-state index in [9.17, 15) is 15.2 Å². The van der Waals surface area contributed by atoms with Gasteiger partial charge in [0.15, 0.2) is 17.2 Å². The monoisotopic (exact) mass is 484 g/mol. The molecule has 2 aromatic carbocycles. The molecule has 0 bridgehead atoms. The van der Waals surface area contributed by atoms with Gasteiger partial charge in [-0.15, -0.1) is 11.8 Å². The minimum atomic E-state index is -1.52. The fourth-order valence-electron chi connectivity index (χ4n) is 4.18. The molecule has 2 heterocycles. The van der Waals surface area contributed by atoms with Crippen LogP contribution < -0.4 is 9.47 Å². The lowest BCUT2D eigenvalue weighted by Gasteiger charge is -2.38. The number of hydrogen-bond acceptors (Lipinski definition) is 6. The van der Waals surface area contributed by atoms with Crippen molar-refractivity contribution in [3.63, 3.8) is 0 Å². The lowest BCUT2D eigenvalue weighted by molar-refractivity contribution is -0.149. The average molecular weight is 485 g/mol. The standard InChI is InChI=1S/C25H25ClN2O4S/c1-3-11-32-21-10-5-16(12-22(21)31-4-2)19-13-23(29)28-24(20(19)14-27)33-15-25(28,30)17-6-8-18(26)9-7-17/h5-10,12,19,30H,3-4,11,13,15H2,1-2H3/t19-,25+/m0/s1. The molecule has 33 heavy (non-hydrogen) atoms. The first kappa shape index (κ1) is 23.5. The zero-order valence-corrected chi connectivity index (χ0v) is 20.1. The molecule has 0 saturated carbocycles. The third kappa shape index (κ3) is 4.31. The summed E-state index contributed by atoms with van der Waals surface area (Å²) in [4.78, 5) is 14.7. The average Bonchev–Trinajstić information content (AvgIpc) is 3.17. The van der Waals surface area contributed by atoms with Gasteiger partial charge in [-0.2, -0.15) is 5.26 Å². The van der Waals surface area contributed by atoms with E-state index >= 15 is 0 Å². The molecule has 6 nitrogen and oxygen atoms in total. The Kier molecular flexibility index (Phi) is 6.89. The Morgan fingerprint density at radius 2 is 1.97 bits per heavy atom. The van der Waals surface area contributed by atoms with Gasteiger partial charge in [-0.25, -0.2) is 0 Å². The fourth-order valence-corrected chi connectivity index (χ4v) is 5.67. The summed E-state index contributed by atoms with van der Waals surface area (Å²) in [5.41, 5.74) is 0.314. The highest BCUT2D eigenvalue weighted by Gasteiger charge is 2.51. The van der Waals surface area contributed by atoms with Gasteiger partial charge in [0.1, 0.15) is 0 Å². The van der Waals surface area contributed by atoms with Crippen molar-refractivity contribution in [3.8, 4) is 17.6 Å². The molecule has 2 aliphatic rings. The Labute approximate surface area is 202 Å². The number of hydrogen-bond donors (Lipinski definition) is 1. The number of ether oxygens (including phenoxy) is 2. The highest BCUT2D eigenvalue weighted by molar-refractivity contribution is 8.03. The van der Waals surface area contributed by atoms with E-state index in [2.05, 4.69) is 6.07 Å². The highest BCUT2D eigenvalue weighted by atomic mass is 35.5. The van der Waals surface area contributed by atoms with E-state index in [4.69, 9.17) is 21.1 Å². The molecular weight excluding hydrogens is 460 g/mol. The molecule has 0 unspecified atom stereocenters. The second kappa shape index (κ2) is 9.68. The summed E-state index contributed by atoms with van der Waals surface area (Å²) in [7, 11) is 0. The minimum Gasteiger partial charge on any atom is -0.490 e. The maximum absolute atomic E-state index is 13.3. The summed E-state index contributed by atoms with van der Waals surface area (Å²) in [5, 5.41) is 22.6. The quantitative estimate of drug-likeness (QED) is 0.583. The van der Waals surface area contributed by atoms with Gasteiger partial charge in [0, 0.05) is 22.9 Å². The van der Waals surface area contributed by atoms with Gasteiger partial charge in [-0.3, -0.25) is 9.69 Å². The third-order valence-corrected chi connectivity index (χ3v) is 7.22. The lowest BCUT2D eigenvalue weighted by Crippen LogP contribution is -2.48. The summed E-state index contributed by atoms with van der Waals surface area (Å²) >= 11 is 7.32. The number of halogens is 1. The molecule has 1 fully saturated rings. The van der Waals surface area contributed by atoms with Gasteiger partial charge in [0.25, 0.3) is 0 Å². The van der Waals surface area contributed by atoms with E-state index in [1.807, 2.05) is 32.0 Å². The first-order valence-corrected chi connectivity index (χ1v) is 12.3. The van der Waals surface area contributed by atoms with E-state index in [1.54, 1.807) is 24.3 Å². The highest BCUT2D eigenvalue weighted by Crippen LogP contribution is 2.52. The van der Waals surface area contributed by atoms with E-state index < -0.39 is 11.6 Å². The summed E-state index contributed by atoms with van der Waals surface area (Å²) in [6.45, 7) is 4.97. The van der Waals surface area contributed by atoms with Crippen molar-refractivity contribution in [2.75, 3.05) is 19.0 Å². The Balaban J connectivity index is 1.73. The van der Waals surface area contributed by atoms with Crippen LogP contribution in [0.15, 0.2) is 53.1 Å². The van der Waals surface area contributed by atoms with Crippen LogP contribution in [0.4, 0.5) is 0 Å². The van der Waals surface area contributed by atoms with Gasteiger partial charge in [-0.05, 0) is 43.2 Å². The van der Waals surface area contributed by atoms with E-state index in [1.165, 1.54) is 16.7 Å². The molecular formula is C25H25ClN2O4S. The number of fused-ring (bicyclic) bond motifs is 1. The van der Waals surface area contributed by atoms with E-state index in [0.717, 1.165) is 12.0 Å². The smallest absolute Gasteiger partial charge is 0.231 e. The number of carbonyl (C=O) groups excluding carboxylic acids is 1. The van der Waals surface area contributed by atoms with Crippen molar-refractivity contribution in [3.05, 3.63) is 69.2 Å². The zero-order valence-electron chi connectivity index (χ0n) is 18.5. The number of thioether (sulfide) groups is 1. The molecule has 172 valence electrons. The molecule has 0 radical (unpaired) electrons. The van der Waals surface area contributed by atoms with Gasteiger partial charge in [0.05, 0.1) is 35.6 Å². The number of amides is 1. The number of nitriles is 1. The molecule has 0 aliphatic carbocycles. The van der Waals surface area contributed by atoms with Crippen molar-refractivity contribution in [2.45, 2.75) is 38.3 Å². The molecule has 4 rings (SSSR count). The molecule has 2 aliphatic heterocycles. The predicted molar refractivity (Wildman–Crippen MR) is 128 cm³/mol. The number of carbonyl (C=O) groups is 1. The molecule has 2 aromatic rings. The molecule has 2 atom stereocenters. The second-order valence-electron chi connectivity index (χ2n) is 7.92. The van der Waals surface area contributed by atoms with Gasteiger partial charge < -0.3 is 14.6 Å². The van der Waals surface area contributed by atoms with Crippen LogP contribution in [-0.4, -0.2) is 34.9 Å². The van der Waals surface area contributed by atoms with Crippen LogP contribution in [0.5, 0.6) is 11.5 Å². The Morgan fingerprint density at radius 1 is 1.21 bits per heavy atom. The SMILES string of the molecule is CCCOc1ccc([C@@H]2CC(=O)N3C(=C2C#N)SC[C@@]3(O)c2ccc(Cl)cc2)cc1OCC. The summed E-state index contributed by atoms with van der Waals surface area (Å²) < 4.78 is 11.6. The maximum Gasteiger partial charge on any atom is 0.231 e. The predicted octanol–water partition coefficient (Wildman–Crippen LogP) is 5.17. The largest absolute Gasteiger partial charge is 0.490 e. The molecule has 0 spiro atoms. The molecule has 1 N–H and O–H groups in total. The van der Waals surface area contributed by atoms with E-state index in [0.29, 0.717) is 45.9 Å². The van der Waals surface area contributed by atoms with Crippen molar-refractivity contribution < 1.29 is 19.4 Å². The lowest BCUT2D eigenvalue weighted by atomic mass is 9.85. The maximum atomic E-state index is 13.3. The van der Waals surface area contributed by atoms with Crippen LogP contribution in [0.3, 0.4) is 0 Å². The van der Waals surface area contributed by atoms with Crippen molar-refractivity contribution in [1.29, 1.82) is 5.26 Å².